The van der Waals surface area contributed by atoms with Crippen LogP contribution in [-0.2, 0) is 6.54 Å². The van der Waals surface area contributed by atoms with E-state index in [0.717, 1.165) is 11.1 Å². The summed E-state index contributed by atoms with van der Waals surface area (Å²) in [6, 6.07) is 21.7. The van der Waals surface area contributed by atoms with Crippen LogP contribution in [0.25, 0.3) is 0 Å². The van der Waals surface area contributed by atoms with Gasteiger partial charge in [-0.3, -0.25) is 4.79 Å². The number of carbonyl (C=O) groups is 1. The molecule has 23 heavy (non-hydrogen) atoms. The van der Waals surface area contributed by atoms with Gasteiger partial charge < -0.3 is 0 Å². The molecule has 112 valence electrons. The van der Waals surface area contributed by atoms with Crippen molar-refractivity contribution in [1.82, 2.24) is 15.0 Å². The molecule has 0 radical (unpaired) electrons. The zero-order valence-electron chi connectivity index (χ0n) is 12.3. The zero-order valence-corrected chi connectivity index (χ0v) is 12.3. The van der Waals surface area contributed by atoms with Crippen LogP contribution in [0.3, 0.4) is 0 Å². The second-order valence-electron chi connectivity index (χ2n) is 5.05. The van der Waals surface area contributed by atoms with Gasteiger partial charge in [-0.1, -0.05) is 65.9 Å². The van der Waals surface area contributed by atoms with E-state index in [1.54, 1.807) is 0 Å². The first-order valence-corrected chi connectivity index (χ1v) is 7.20. The Morgan fingerprint density at radius 1 is 1.04 bits per heavy atom. The number of rotatable bonds is 5. The Morgan fingerprint density at radius 2 is 1.61 bits per heavy atom. The molecule has 0 fully saturated rings. The molecule has 0 aliphatic heterocycles. The standard InChI is InChI=1S/C18H14N4O/c19-11-12-22-18(16(13-23)20-21-22)17(14-7-3-1-4-8-14)15-9-5-2-6-10-15/h1-10,13,17H,12H2. The van der Waals surface area contributed by atoms with Crippen molar-refractivity contribution in [3.63, 3.8) is 0 Å². The van der Waals surface area contributed by atoms with Crippen molar-refractivity contribution in [3.05, 3.63) is 83.2 Å². The van der Waals surface area contributed by atoms with Crippen LogP contribution in [0.1, 0.15) is 33.2 Å². The van der Waals surface area contributed by atoms with Crippen molar-refractivity contribution in [3.8, 4) is 6.07 Å². The number of nitrogens with zero attached hydrogens (tertiary/aromatic N) is 4. The number of hydrogen-bond acceptors (Lipinski definition) is 4. The van der Waals surface area contributed by atoms with Gasteiger partial charge in [0.1, 0.15) is 12.2 Å². The Balaban J connectivity index is 2.23. The summed E-state index contributed by atoms with van der Waals surface area (Å²) in [5.74, 6) is -0.207. The van der Waals surface area contributed by atoms with Crippen LogP contribution in [0.15, 0.2) is 60.7 Å². The van der Waals surface area contributed by atoms with E-state index < -0.39 is 0 Å². The lowest BCUT2D eigenvalue weighted by molar-refractivity contribution is 0.111. The van der Waals surface area contributed by atoms with Crippen molar-refractivity contribution in [2.75, 3.05) is 0 Å². The minimum atomic E-state index is -0.207. The normalized spacial score (nSPS) is 10.4. The third-order valence-electron chi connectivity index (χ3n) is 3.67. The van der Waals surface area contributed by atoms with Crippen LogP contribution in [0, 0.1) is 11.3 Å². The Hall–Kier alpha value is -3.26. The topological polar surface area (TPSA) is 71.6 Å². The summed E-state index contributed by atoms with van der Waals surface area (Å²) < 4.78 is 1.49. The van der Waals surface area contributed by atoms with Gasteiger partial charge in [-0.2, -0.15) is 5.26 Å². The van der Waals surface area contributed by atoms with E-state index in [1.165, 1.54) is 4.68 Å². The highest BCUT2D eigenvalue weighted by molar-refractivity contribution is 5.74. The molecule has 0 atom stereocenters. The van der Waals surface area contributed by atoms with Gasteiger partial charge >= 0.3 is 0 Å². The molecule has 0 saturated carbocycles. The number of carbonyl (C=O) groups excluding carboxylic acids is 1. The summed E-state index contributed by atoms with van der Waals surface area (Å²) in [7, 11) is 0. The number of aldehydes is 1. The van der Waals surface area contributed by atoms with Gasteiger partial charge in [-0.05, 0) is 11.1 Å². The molecule has 0 unspecified atom stereocenters. The third kappa shape index (κ3) is 2.87. The average Bonchev–Trinajstić information content (AvgIpc) is 3.00. The predicted octanol–water partition coefficient (Wildman–Crippen LogP) is 2.79. The van der Waals surface area contributed by atoms with Crippen LogP contribution in [0.5, 0.6) is 0 Å². The average molecular weight is 302 g/mol. The molecule has 0 aliphatic rings. The summed E-state index contributed by atoms with van der Waals surface area (Å²) in [4.78, 5) is 11.4. The molecule has 0 spiro atoms. The van der Waals surface area contributed by atoms with Crippen LogP contribution in [0.4, 0.5) is 0 Å². The van der Waals surface area contributed by atoms with Crippen LogP contribution < -0.4 is 0 Å². The van der Waals surface area contributed by atoms with E-state index in [9.17, 15) is 4.79 Å². The van der Waals surface area contributed by atoms with E-state index in [4.69, 9.17) is 5.26 Å². The maximum Gasteiger partial charge on any atom is 0.172 e. The zero-order chi connectivity index (χ0) is 16.1. The molecular weight excluding hydrogens is 288 g/mol. The minimum Gasteiger partial charge on any atom is -0.296 e. The summed E-state index contributed by atoms with van der Waals surface area (Å²) in [5.41, 5.74) is 2.93. The number of aromatic nitrogens is 3. The third-order valence-corrected chi connectivity index (χ3v) is 3.67. The molecule has 1 heterocycles. The van der Waals surface area contributed by atoms with E-state index in [2.05, 4.69) is 16.4 Å². The molecule has 3 aromatic rings. The number of nitriles is 1. The summed E-state index contributed by atoms with van der Waals surface area (Å²) in [6.45, 7) is 0.0480. The summed E-state index contributed by atoms with van der Waals surface area (Å²) in [6.07, 6.45) is 0.690. The van der Waals surface area contributed by atoms with Gasteiger partial charge in [0.25, 0.3) is 0 Å². The van der Waals surface area contributed by atoms with Gasteiger partial charge in [0.05, 0.1) is 17.7 Å². The van der Waals surface area contributed by atoms with E-state index in [1.807, 2.05) is 60.7 Å². The highest BCUT2D eigenvalue weighted by Gasteiger charge is 2.25. The van der Waals surface area contributed by atoms with Crippen molar-refractivity contribution in [1.29, 1.82) is 5.26 Å². The van der Waals surface area contributed by atoms with Gasteiger partial charge in [0, 0.05) is 0 Å². The first-order valence-electron chi connectivity index (χ1n) is 7.20. The molecule has 3 rings (SSSR count). The quantitative estimate of drug-likeness (QED) is 0.679. The Labute approximate surface area is 133 Å². The van der Waals surface area contributed by atoms with Crippen LogP contribution >= 0.6 is 0 Å². The van der Waals surface area contributed by atoms with Gasteiger partial charge in [-0.25, -0.2) is 4.68 Å². The lowest BCUT2D eigenvalue weighted by Gasteiger charge is -2.19. The lowest BCUT2D eigenvalue weighted by atomic mass is 9.87. The maximum atomic E-state index is 11.4. The van der Waals surface area contributed by atoms with Gasteiger partial charge in [-0.15, -0.1) is 5.10 Å². The Bertz CT molecular complexity index is 795. The smallest absolute Gasteiger partial charge is 0.172 e. The fourth-order valence-electron chi connectivity index (χ4n) is 2.70. The minimum absolute atomic E-state index is 0.0480. The molecule has 0 N–H and O–H groups in total. The number of hydrogen-bond donors (Lipinski definition) is 0. The fraction of sp³-hybridized carbons (Fsp3) is 0.111. The molecular formula is C18H14N4O. The van der Waals surface area contributed by atoms with Gasteiger partial charge in [0.2, 0.25) is 0 Å². The predicted molar refractivity (Wildman–Crippen MR) is 84.9 cm³/mol. The van der Waals surface area contributed by atoms with E-state index in [0.29, 0.717) is 12.0 Å². The molecule has 5 nitrogen and oxygen atoms in total. The maximum absolute atomic E-state index is 11.4. The summed E-state index contributed by atoms with van der Waals surface area (Å²) >= 11 is 0. The SMILES string of the molecule is N#CCn1nnc(C=O)c1C(c1ccccc1)c1ccccc1. The highest BCUT2D eigenvalue weighted by Crippen LogP contribution is 2.32. The Morgan fingerprint density at radius 3 is 2.09 bits per heavy atom. The van der Waals surface area contributed by atoms with Crippen molar-refractivity contribution >= 4 is 6.29 Å². The number of benzene rings is 2. The molecule has 0 saturated heterocycles. The van der Waals surface area contributed by atoms with E-state index in [-0.39, 0.29) is 18.2 Å². The molecule has 0 amide bonds. The van der Waals surface area contributed by atoms with Crippen molar-refractivity contribution in [2.45, 2.75) is 12.5 Å². The Kier molecular flexibility index (Phi) is 4.25. The fourth-order valence-corrected chi connectivity index (χ4v) is 2.70. The second kappa shape index (κ2) is 6.67. The highest BCUT2D eigenvalue weighted by atomic mass is 16.1. The van der Waals surface area contributed by atoms with E-state index >= 15 is 0 Å². The molecule has 0 aliphatic carbocycles. The first-order chi connectivity index (χ1) is 11.3. The summed E-state index contributed by atoms with van der Waals surface area (Å²) in [5, 5.41) is 16.9. The largest absolute Gasteiger partial charge is 0.296 e. The van der Waals surface area contributed by atoms with Crippen LogP contribution in [0.2, 0.25) is 0 Å². The molecule has 5 heteroatoms. The van der Waals surface area contributed by atoms with Crippen molar-refractivity contribution in [2.24, 2.45) is 0 Å². The molecule has 1 aromatic heterocycles. The van der Waals surface area contributed by atoms with Gasteiger partial charge in [0.15, 0.2) is 6.29 Å². The first kappa shape index (κ1) is 14.7. The second-order valence-corrected chi connectivity index (χ2v) is 5.05. The monoisotopic (exact) mass is 302 g/mol. The van der Waals surface area contributed by atoms with Crippen molar-refractivity contribution < 1.29 is 4.79 Å². The lowest BCUT2D eigenvalue weighted by Crippen LogP contribution is -2.13. The molecule has 2 aromatic carbocycles. The molecule has 0 bridgehead atoms. The van der Waals surface area contributed by atoms with Crippen LogP contribution in [-0.4, -0.2) is 21.3 Å².